The Morgan fingerprint density at radius 1 is 0.964 bits per heavy atom. The van der Waals surface area contributed by atoms with Crippen LogP contribution in [0.15, 0.2) is 42.5 Å². The van der Waals surface area contributed by atoms with Gasteiger partial charge in [-0.05, 0) is 66.3 Å². The number of nitrogens with one attached hydrogen (secondary N) is 3. The maximum Gasteiger partial charge on any atom is 0.0532 e. The molecule has 3 atom stereocenters. The van der Waals surface area contributed by atoms with Crippen LogP contribution in [0.4, 0.5) is 5.69 Å². The number of para-hydroxylation sites is 1. The smallest absolute Gasteiger partial charge is 0.0532 e. The van der Waals surface area contributed by atoms with Crippen LogP contribution < -0.4 is 21.9 Å². The van der Waals surface area contributed by atoms with Crippen LogP contribution in [-0.4, -0.2) is 6.04 Å². The summed E-state index contributed by atoms with van der Waals surface area (Å²) in [4.78, 5) is 0. The van der Waals surface area contributed by atoms with E-state index >= 15 is 0 Å². The zero-order valence-electron chi connectivity index (χ0n) is 16.7. The van der Waals surface area contributed by atoms with E-state index in [0.717, 1.165) is 24.6 Å². The van der Waals surface area contributed by atoms with Crippen LogP contribution >= 0.6 is 0 Å². The summed E-state index contributed by atoms with van der Waals surface area (Å²) in [6.45, 7) is 3.37. The highest BCUT2D eigenvalue weighted by molar-refractivity contribution is 5.50. The van der Waals surface area contributed by atoms with Gasteiger partial charge in [-0.25, -0.2) is 10.9 Å². The maximum absolute atomic E-state index is 6.26. The maximum atomic E-state index is 6.26. The third-order valence-electron chi connectivity index (χ3n) is 7.19. The number of rotatable bonds is 4. The molecule has 148 valence electrons. The van der Waals surface area contributed by atoms with E-state index in [1.165, 1.54) is 47.9 Å². The van der Waals surface area contributed by atoms with Gasteiger partial charge in [0.25, 0.3) is 0 Å². The summed E-state index contributed by atoms with van der Waals surface area (Å²) in [5, 5.41) is 3.80. The van der Waals surface area contributed by atoms with Crippen molar-refractivity contribution < 1.29 is 0 Å². The zero-order valence-corrected chi connectivity index (χ0v) is 16.7. The molecule has 0 bridgehead atoms. The predicted octanol–water partition coefficient (Wildman–Crippen LogP) is 4.00. The van der Waals surface area contributed by atoms with E-state index < -0.39 is 0 Å². The summed E-state index contributed by atoms with van der Waals surface area (Å²) in [6.07, 6.45) is 6.49. The van der Waals surface area contributed by atoms with Crippen molar-refractivity contribution >= 4 is 5.69 Å². The van der Waals surface area contributed by atoms with Gasteiger partial charge in [-0.15, -0.1) is 0 Å². The van der Waals surface area contributed by atoms with Gasteiger partial charge in [0.05, 0.1) is 12.1 Å². The zero-order chi connectivity index (χ0) is 19.1. The van der Waals surface area contributed by atoms with Gasteiger partial charge in [0.15, 0.2) is 0 Å². The normalized spacial score (nSPS) is 31.5. The molecule has 4 heteroatoms. The highest BCUT2D eigenvalue weighted by atomic mass is 15.4. The molecule has 0 radical (unpaired) electrons. The minimum atomic E-state index is 0.268. The molecule has 4 nitrogen and oxygen atoms in total. The van der Waals surface area contributed by atoms with Crippen molar-refractivity contribution in [2.24, 2.45) is 11.8 Å². The van der Waals surface area contributed by atoms with Gasteiger partial charge >= 0.3 is 0 Å². The highest BCUT2D eigenvalue weighted by Crippen LogP contribution is 2.46. The lowest BCUT2D eigenvalue weighted by atomic mass is 9.87. The first-order valence-electron chi connectivity index (χ1n) is 10.9. The van der Waals surface area contributed by atoms with E-state index in [9.17, 15) is 0 Å². The Hall–Kier alpha value is -1.88. The Bertz CT molecular complexity index is 840. The minimum Gasteiger partial charge on any atom is -0.398 e. The van der Waals surface area contributed by atoms with Crippen molar-refractivity contribution in [1.29, 1.82) is 0 Å². The molecule has 5 N–H and O–H groups in total. The Morgan fingerprint density at radius 2 is 1.71 bits per heavy atom. The predicted molar refractivity (Wildman–Crippen MR) is 115 cm³/mol. The van der Waals surface area contributed by atoms with Crippen LogP contribution in [0.3, 0.4) is 0 Å². The molecule has 3 aliphatic rings. The van der Waals surface area contributed by atoms with E-state index in [2.05, 4.69) is 53.4 Å². The van der Waals surface area contributed by atoms with Gasteiger partial charge in [-0.3, -0.25) is 0 Å². The summed E-state index contributed by atoms with van der Waals surface area (Å²) in [7, 11) is 0. The Labute approximate surface area is 168 Å². The molecular weight excluding hydrogens is 344 g/mol. The molecule has 0 aromatic heterocycles. The van der Waals surface area contributed by atoms with Gasteiger partial charge < -0.3 is 11.1 Å². The van der Waals surface area contributed by atoms with Crippen LogP contribution in [0.25, 0.3) is 0 Å². The molecule has 1 saturated carbocycles. The van der Waals surface area contributed by atoms with Crippen molar-refractivity contribution in [3.8, 4) is 0 Å². The second kappa shape index (κ2) is 7.51. The first-order valence-corrected chi connectivity index (χ1v) is 10.9. The second-order valence-electron chi connectivity index (χ2n) is 9.11. The van der Waals surface area contributed by atoms with Crippen molar-refractivity contribution in [2.45, 2.75) is 63.7 Å². The largest absolute Gasteiger partial charge is 0.398 e. The van der Waals surface area contributed by atoms with Crippen LogP contribution in [0.2, 0.25) is 0 Å². The van der Waals surface area contributed by atoms with Gasteiger partial charge in [-0.1, -0.05) is 43.3 Å². The number of anilines is 1. The quantitative estimate of drug-likeness (QED) is 0.609. The molecule has 1 aliphatic heterocycles. The lowest BCUT2D eigenvalue weighted by Gasteiger charge is -2.27. The number of hydrazine groups is 1. The third kappa shape index (κ3) is 3.34. The number of nitrogen functional groups attached to an aromatic ring is 1. The SMILES string of the molecule is CC1CCC(NCc2ccc3c(c2)CC2C(c4ccccc4N)NNC32)CC1. The van der Waals surface area contributed by atoms with Crippen LogP contribution in [0.1, 0.15) is 66.9 Å². The average molecular weight is 377 g/mol. The molecular formula is C24H32N4. The van der Waals surface area contributed by atoms with E-state index in [4.69, 9.17) is 5.73 Å². The standard InChI is InChI=1S/C24H32N4/c1-15-6-9-18(10-7-15)26-14-16-8-11-19-17(12-16)13-21-23(19)27-28-24(21)20-4-2-3-5-22(20)25/h2-5,8,11-12,15,18,21,23-24,26-28H,6-7,9-10,13-14,25H2,1H3. The lowest BCUT2D eigenvalue weighted by Crippen LogP contribution is -2.32. The number of nitrogens with two attached hydrogens (primary N) is 1. The molecule has 0 amide bonds. The second-order valence-corrected chi connectivity index (χ2v) is 9.11. The first kappa shape index (κ1) is 18.2. The molecule has 2 aliphatic carbocycles. The number of benzene rings is 2. The fourth-order valence-corrected chi connectivity index (χ4v) is 5.46. The van der Waals surface area contributed by atoms with Crippen LogP contribution in [0.5, 0.6) is 0 Å². The molecule has 1 heterocycles. The summed E-state index contributed by atoms with van der Waals surface area (Å²) in [5.41, 5.74) is 19.8. The monoisotopic (exact) mass is 376 g/mol. The van der Waals surface area contributed by atoms with Crippen molar-refractivity contribution in [2.75, 3.05) is 5.73 Å². The summed E-state index contributed by atoms with van der Waals surface area (Å²) in [6, 6.07) is 16.7. The van der Waals surface area contributed by atoms with Crippen molar-refractivity contribution in [1.82, 2.24) is 16.2 Å². The Balaban J connectivity index is 1.27. The first-order chi connectivity index (χ1) is 13.7. The van der Waals surface area contributed by atoms with Gasteiger partial charge in [0.2, 0.25) is 0 Å². The summed E-state index contributed by atoms with van der Waals surface area (Å²) >= 11 is 0. The fraction of sp³-hybridized carbons (Fsp3) is 0.500. The molecule has 3 unspecified atom stereocenters. The number of hydrogen-bond donors (Lipinski definition) is 4. The van der Waals surface area contributed by atoms with E-state index in [1.54, 1.807) is 0 Å². The van der Waals surface area contributed by atoms with Crippen LogP contribution in [-0.2, 0) is 13.0 Å². The Morgan fingerprint density at radius 3 is 2.50 bits per heavy atom. The van der Waals surface area contributed by atoms with Crippen molar-refractivity contribution in [3.63, 3.8) is 0 Å². The van der Waals surface area contributed by atoms with E-state index in [1.807, 2.05) is 12.1 Å². The summed E-state index contributed by atoms with van der Waals surface area (Å²) in [5.74, 6) is 1.42. The molecule has 28 heavy (non-hydrogen) atoms. The molecule has 2 aromatic rings. The molecule has 2 fully saturated rings. The molecule has 5 rings (SSSR count). The van der Waals surface area contributed by atoms with Gasteiger partial charge in [0, 0.05) is 24.2 Å². The topological polar surface area (TPSA) is 62.1 Å². The van der Waals surface area contributed by atoms with Gasteiger partial charge in [0.1, 0.15) is 0 Å². The number of fused-ring (bicyclic) bond motifs is 3. The molecule has 0 spiro atoms. The fourth-order valence-electron chi connectivity index (χ4n) is 5.46. The minimum absolute atomic E-state index is 0.268. The van der Waals surface area contributed by atoms with E-state index in [0.29, 0.717) is 18.0 Å². The third-order valence-corrected chi connectivity index (χ3v) is 7.19. The molecule has 1 saturated heterocycles. The summed E-state index contributed by atoms with van der Waals surface area (Å²) < 4.78 is 0. The van der Waals surface area contributed by atoms with Crippen LogP contribution in [0, 0.1) is 11.8 Å². The van der Waals surface area contributed by atoms with Gasteiger partial charge in [-0.2, -0.15) is 0 Å². The lowest BCUT2D eigenvalue weighted by molar-refractivity contribution is 0.306. The number of hydrogen-bond acceptors (Lipinski definition) is 4. The van der Waals surface area contributed by atoms with Crippen molar-refractivity contribution in [3.05, 3.63) is 64.7 Å². The highest BCUT2D eigenvalue weighted by Gasteiger charge is 2.43. The Kier molecular flexibility index (Phi) is 4.87. The average Bonchev–Trinajstić information content (AvgIpc) is 3.27. The molecule has 2 aromatic carbocycles. The van der Waals surface area contributed by atoms with E-state index in [-0.39, 0.29) is 6.04 Å².